The number of amides is 3. The van der Waals surface area contributed by atoms with Crippen LogP contribution in [0.4, 0.5) is 10.5 Å². The predicted molar refractivity (Wildman–Crippen MR) is 162 cm³/mol. The summed E-state index contributed by atoms with van der Waals surface area (Å²) in [5.74, 6) is -0.879. The molecule has 0 bridgehead atoms. The predicted octanol–water partition coefficient (Wildman–Crippen LogP) is 4.78. The van der Waals surface area contributed by atoms with Crippen LogP contribution in [-0.4, -0.2) is 57.6 Å². The number of carbonyl (C=O) groups is 3. The number of benzene rings is 1. The zero-order valence-corrected chi connectivity index (χ0v) is 25.7. The summed E-state index contributed by atoms with van der Waals surface area (Å²) >= 11 is 1.33. The number of hydrogen-bond donors (Lipinski definition) is 3. The summed E-state index contributed by atoms with van der Waals surface area (Å²) in [5.41, 5.74) is 3.75. The number of sulfone groups is 1. The van der Waals surface area contributed by atoms with Crippen molar-refractivity contribution in [2.75, 3.05) is 24.2 Å². The average Bonchev–Trinajstić information content (AvgIpc) is 3.70. The summed E-state index contributed by atoms with van der Waals surface area (Å²) in [6.45, 7) is 0.339. The van der Waals surface area contributed by atoms with Gasteiger partial charge in [-0.15, -0.1) is 11.3 Å². The maximum Gasteiger partial charge on any atom is 0.407 e. The largest absolute Gasteiger partial charge is 0.446 e. The van der Waals surface area contributed by atoms with Gasteiger partial charge in [0.1, 0.15) is 17.4 Å². The molecule has 234 valence electrons. The summed E-state index contributed by atoms with van der Waals surface area (Å²) in [7, 11) is -3.63. The molecule has 5 rings (SSSR count). The Morgan fingerprint density at radius 1 is 0.977 bits per heavy atom. The van der Waals surface area contributed by atoms with Crippen molar-refractivity contribution in [2.45, 2.75) is 87.8 Å². The van der Waals surface area contributed by atoms with Gasteiger partial charge in [0.05, 0.1) is 12.2 Å². The van der Waals surface area contributed by atoms with Crippen molar-refractivity contribution in [1.29, 1.82) is 0 Å². The SMILES string of the molecule is O=C(C[C@]1(c2ccc(-c3cccc(NC(=O)CNC(=O)OC4CCCC4)c3)s2)CCCCS1(=O)=O)NOC1CCCCO1. The normalized spacial score (nSPS) is 23.8. The molecule has 3 heterocycles. The van der Waals surface area contributed by atoms with Crippen molar-refractivity contribution in [1.82, 2.24) is 10.8 Å². The van der Waals surface area contributed by atoms with Crippen LogP contribution in [0.25, 0.3) is 10.4 Å². The molecule has 11 nitrogen and oxygen atoms in total. The van der Waals surface area contributed by atoms with E-state index in [0.29, 0.717) is 42.9 Å². The van der Waals surface area contributed by atoms with Gasteiger partial charge in [-0.1, -0.05) is 18.6 Å². The first-order valence-corrected chi connectivity index (χ1v) is 17.4. The van der Waals surface area contributed by atoms with Gasteiger partial charge in [-0.3, -0.25) is 9.59 Å². The second-order valence-corrected chi connectivity index (χ2v) is 14.8. The van der Waals surface area contributed by atoms with Gasteiger partial charge in [0.25, 0.3) is 0 Å². The summed E-state index contributed by atoms with van der Waals surface area (Å²) in [5, 5.41) is 5.28. The second-order valence-electron chi connectivity index (χ2n) is 11.3. The van der Waals surface area contributed by atoms with Gasteiger partial charge in [0.2, 0.25) is 11.8 Å². The van der Waals surface area contributed by atoms with Gasteiger partial charge in [0, 0.05) is 28.5 Å². The minimum atomic E-state index is -3.63. The molecule has 2 atom stereocenters. The molecule has 3 aliphatic rings. The molecular formula is C30H39N3O8S2. The van der Waals surface area contributed by atoms with Crippen molar-refractivity contribution in [3.05, 3.63) is 41.3 Å². The summed E-state index contributed by atoms with van der Waals surface area (Å²) in [6.07, 6.45) is 6.46. The van der Waals surface area contributed by atoms with Crippen molar-refractivity contribution < 1.29 is 37.1 Å². The van der Waals surface area contributed by atoms with E-state index in [1.165, 1.54) is 11.3 Å². The van der Waals surface area contributed by atoms with Crippen LogP contribution in [0.2, 0.25) is 0 Å². The molecule has 43 heavy (non-hydrogen) atoms. The highest BCUT2D eigenvalue weighted by Gasteiger charge is 2.49. The third-order valence-corrected chi connectivity index (χ3v) is 12.2. The lowest BCUT2D eigenvalue weighted by Gasteiger charge is -2.35. The number of ether oxygens (including phenoxy) is 2. The van der Waals surface area contributed by atoms with Crippen molar-refractivity contribution in [3.8, 4) is 10.4 Å². The highest BCUT2D eigenvalue weighted by atomic mass is 32.2. The molecule has 13 heteroatoms. The number of rotatable bonds is 10. The first kappa shape index (κ1) is 31.4. The van der Waals surface area contributed by atoms with Gasteiger partial charge in [-0.05, 0) is 81.2 Å². The van der Waals surface area contributed by atoms with Crippen molar-refractivity contribution in [2.24, 2.45) is 0 Å². The molecule has 1 unspecified atom stereocenters. The van der Waals surface area contributed by atoms with Crippen LogP contribution in [0.15, 0.2) is 36.4 Å². The fourth-order valence-corrected chi connectivity index (χ4v) is 9.67. The van der Waals surface area contributed by atoms with Crippen LogP contribution in [0.3, 0.4) is 0 Å². The zero-order chi connectivity index (χ0) is 30.3. The van der Waals surface area contributed by atoms with E-state index < -0.39 is 38.8 Å². The Kier molecular flexibility index (Phi) is 10.4. The number of carbonyl (C=O) groups excluding carboxylic acids is 3. The highest BCUT2D eigenvalue weighted by molar-refractivity contribution is 7.92. The molecule has 1 saturated carbocycles. The minimum Gasteiger partial charge on any atom is -0.446 e. The standard InChI is InChI=1S/C30H39N3O8S2/c34-26(33-41-28-12-3-5-16-39-28)19-30(15-4-6-17-43(30,37)38)25-14-13-24(42-25)21-8-7-9-22(18-21)32-27(35)20-31-29(36)40-23-10-1-2-11-23/h7-9,13-14,18,23,28H,1-6,10-12,15-17,19-20H2,(H,31,36)(H,32,35)(H,33,34)/t28?,30-/m0/s1. The lowest BCUT2D eigenvalue weighted by atomic mass is 9.94. The second kappa shape index (κ2) is 14.2. The first-order valence-electron chi connectivity index (χ1n) is 15.0. The van der Waals surface area contributed by atoms with E-state index in [0.717, 1.165) is 49.0 Å². The van der Waals surface area contributed by atoms with Gasteiger partial charge in [0.15, 0.2) is 16.1 Å². The van der Waals surface area contributed by atoms with Crippen LogP contribution in [0, 0.1) is 0 Å². The Balaban J connectivity index is 1.24. The number of hydrogen-bond acceptors (Lipinski definition) is 9. The summed E-state index contributed by atoms with van der Waals surface area (Å²) in [4.78, 5) is 44.3. The fourth-order valence-electron chi connectivity index (χ4n) is 5.89. The molecular weight excluding hydrogens is 594 g/mol. The number of hydroxylamine groups is 1. The molecule has 1 aromatic heterocycles. The van der Waals surface area contributed by atoms with E-state index in [1.54, 1.807) is 24.3 Å². The Bertz CT molecular complexity index is 1400. The van der Waals surface area contributed by atoms with Crippen LogP contribution in [-0.2, 0) is 38.5 Å². The Morgan fingerprint density at radius 3 is 2.56 bits per heavy atom. The van der Waals surface area contributed by atoms with Crippen LogP contribution in [0.5, 0.6) is 0 Å². The van der Waals surface area contributed by atoms with E-state index in [-0.39, 0.29) is 24.8 Å². The third kappa shape index (κ3) is 7.94. The number of thiophene rings is 1. The molecule has 3 fully saturated rings. The first-order chi connectivity index (χ1) is 20.7. The zero-order valence-electron chi connectivity index (χ0n) is 24.1. The molecule has 1 aliphatic carbocycles. The van der Waals surface area contributed by atoms with E-state index in [2.05, 4.69) is 16.1 Å². The Labute approximate surface area is 255 Å². The fraction of sp³-hybridized carbons (Fsp3) is 0.567. The van der Waals surface area contributed by atoms with Gasteiger partial charge in [-0.25, -0.2) is 23.5 Å². The Morgan fingerprint density at radius 2 is 1.79 bits per heavy atom. The highest BCUT2D eigenvalue weighted by Crippen LogP contribution is 2.47. The molecule has 2 aromatic rings. The lowest BCUT2D eigenvalue weighted by molar-refractivity contribution is -0.200. The van der Waals surface area contributed by atoms with E-state index >= 15 is 0 Å². The monoisotopic (exact) mass is 633 g/mol. The number of anilines is 1. The molecule has 3 amide bonds. The quantitative estimate of drug-likeness (QED) is 0.317. The third-order valence-electron chi connectivity index (χ3n) is 8.18. The Hall–Kier alpha value is -3.00. The smallest absolute Gasteiger partial charge is 0.407 e. The molecule has 3 N–H and O–H groups in total. The van der Waals surface area contributed by atoms with Crippen LogP contribution < -0.4 is 16.1 Å². The molecule has 2 aliphatic heterocycles. The van der Waals surface area contributed by atoms with Gasteiger partial charge in [-0.2, -0.15) is 0 Å². The molecule has 1 aromatic carbocycles. The van der Waals surface area contributed by atoms with Gasteiger partial charge < -0.3 is 20.1 Å². The van der Waals surface area contributed by atoms with Gasteiger partial charge >= 0.3 is 6.09 Å². The lowest BCUT2D eigenvalue weighted by Crippen LogP contribution is -2.45. The van der Waals surface area contributed by atoms with E-state index in [4.69, 9.17) is 14.3 Å². The molecule has 2 saturated heterocycles. The summed E-state index contributed by atoms with van der Waals surface area (Å²) in [6, 6.07) is 10.8. The topological polar surface area (TPSA) is 149 Å². The van der Waals surface area contributed by atoms with E-state index in [1.807, 2.05) is 12.1 Å². The minimum absolute atomic E-state index is 0.0177. The van der Waals surface area contributed by atoms with Crippen molar-refractivity contribution >= 4 is 44.8 Å². The van der Waals surface area contributed by atoms with Crippen LogP contribution >= 0.6 is 11.3 Å². The average molecular weight is 634 g/mol. The maximum atomic E-state index is 13.5. The maximum absolute atomic E-state index is 13.5. The number of alkyl carbamates (subject to hydrolysis) is 1. The van der Waals surface area contributed by atoms with Crippen molar-refractivity contribution in [3.63, 3.8) is 0 Å². The van der Waals surface area contributed by atoms with Crippen LogP contribution in [0.1, 0.15) is 75.5 Å². The number of nitrogens with one attached hydrogen (secondary N) is 3. The van der Waals surface area contributed by atoms with E-state index in [9.17, 15) is 22.8 Å². The summed E-state index contributed by atoms with van der Waals surface area (Å²) < 4.78 is 36.6. The molecule has 0 radical (unpaired) electrons. The molecule has 0 spiro atoms.